The van der Waals surface area contributed by atoms with E-state index >= 15 is 0 Å². The van der Waals surface area contributed by atoms with Gasteiger partial charge in [-0.3, -0.25) is 4.79 Å². The SMILES string of the molecule is CN(C)S(=O)(=O)N1CCC[C@@H](C(=O)N2CCN(S(=O)(=O)c3ccccc3)CC2)C1. The molecule has 162 valence electrons. The zero-order valence-electron chi connectivity index (χ0n) is 16.8. The fourth-order valence-electron chi connectivity index (χ4n) is 3.73. The number of piperazine rings is 1. The molecule has 29 heavy (non-hydrogen) atoms. The van der Waals surface area contributed by atoms with E-state index in [2.05, 4.69) is 0 Å². The van der Waals surface area contributed by atoms with Crippen LogP contribution in [-0.2, 0) is 25.0 Å². The van der Waals surface area contributed by atoms with Crippen molar-refractivity contribution in [2.45, 2.75) is 17.7 Å². The number of hydrogen-bond acceptors (Lipinski definition) is 5. The molecule has 2 fully saturated rings. The van der Waals surface area contributed by atoms with Crippen LogP contribution >= 0.6 is 0 Å². The van der Waals surface area contributed by atoms with Crippen LogP contribution in [0, 0.1) is 5.92 Å². The first kappa shape index (κ1) is 22.2. The van der Waals surface area contributed by atoms with E-state index < -0.39 is 26.2 Å². The Hall–Kier alpha value is -1.53. The van der Waals surface area contributed by atoms with Gasteiger partial charge in [0, 0.05) is 53.4 Å². The second-order valence-electron chi connectivity index (χ2n) is 7.53. The van der Waals surface area contributed by atoms with Crippen molar-refractivity contribution in [1.29, 1.82) is 0 Å². The van der Waals surface area contributed by atoms with Crippen LogP contribution in [0.2, 0.25) is 0 Å². The quantitative estimate of drug-likeness (QED) is 0.639. The zero-order chi connectivity index (χ0) is 21.2. The van der Waals surface area contributed by atoms with Crippen molar-refractivity contribution in [1.82, 2.24) is 17.8 Å². The van der Waals surface area contributed by atoms with Crippen LogP contribution in [0.1, 0.15) is 12.8 Å². The number of sulfonamides is 1. The molecule has 1 aromatic carbocycles. The maximum atomic E-state index is 12.9. The summed E-state index contributed by atoms with van der Waals surface area (Å²) in [6, 6.07) is 8.26. The molecular formula is C18H28N4O5S2. The number of amides is 1. The normalized spacial score (nSPS) is 22.7. The van der Waals surface area contributed by atoms with Crippen molar-refractivity contribution in [3.8, 4) is 0 Å². The molecule has 1 atom stereocenters. The molecule has 9 nitrogen and oxygen atoms in total. The van der Waals surface area contributed by atoms with E-state index in [1.165, 1.54) is 22.7 Å². The Morgan fingerprint density at radius 3 is 2.14 bits per heavy atom. The number of rotatable bonds is 5. The average molecular weight is 445 g/mol. The highest BCUT2D eigenvalue weighted by atomic mass is 32.2. The maximum Gasteiger partial charge on any atom is 0.281 e. The molecule has 1 amide bonds. The average Bonchev–Trinajstić information content (AvgIpc) is 2.74. The van der Waals surface area contributed by atoms with Crippen LogP contribution in [0.3, 0.4) is 0 Å². The Kier molecular flexibility index (Phi) is 6.64. The molecule has 11 heteroatoms. The van der Waals surface area contributed by atoms with Crippen LogP contribution in [-0.4, -0.2) is 93.9 Å². The summed E-state index contributed by atoms with van der Waals surface area (Å²) < 4.78 is 54.1. The largest absolute Gasteiger partial charge is 0.340 e. The lowest BCUT2D eigenvalue weighted by Crippen LogP contribution is -2.54. The number of carbonyl (C=O) groups is 1. The van der Waals surface area contributed by atoms with Gasteiger partial charge in [0.2, 0.25) is 15.9 Å². The molecule has 2 heterocycles. The lowest BCUT2D eigenvalue weighted by atomic mass is 9.98. The molecule has 0 radical (unpaired) electrons. The van der Waals surface area contributed by atoms with E-state index in [0.717, 1.165) is 4.31 Å². The summed E-state index contributed by atoms with van der Waals surface area (Å²) in [5.74, 6) is -0.490. The van der Waals surface area contributed by atoms with E-state index in [1.54, 1.807) is 35.2 Å². The van der Waals surface area contributed by atoms with Gasteiger partial charge in [0.05, 0.1) is 10.8 Å². The second-order valence-corrected chi connectivity index (χ2v) is 11.6. The maximum absolute atomic E-state index is 12.9. The summed E-state index contributed by atoms with van der Waals surface area (Å²) in [5, 5.41) is 0. The second kappa shape index (κ2) is 8.68. The molecule has 0 spiro atoms. The molecular weight excluding hydrogens is 416 g/mol. The molecule has 0 N–H and O–H groups in total. The van der Waals surface area contributed by atoms with Gasteiger partial charge >= 0.3 is 0 Å². The van der Waals surface area contributed by atoms with Gasteiger partial charge in [-0.15, -0.1) is 0 Å². The van der Waals surface area contributed by atoms with E-state index in [0.29, 0.717) is 32.5 Å². The third-order valence-corrected chi connectivity index (χ3v) is 9.27. The van der Waals surface area contributed by atoms with Crippen molar-refractivity contribution in [2.24, 2.45) is 5.92 Å². The third kappa shape index (κ3) is 4.64. The van der Waals surface area contributed by atoms with Crippen LogP contribution in [0.4, 0.5) is 0 Å². The van der Waals surface area contributed by atoms with Gasteiger partial charge in [0.15, 0.2) is 0 Å². The van der Waals surface area contributed by atoms with Crippen molar-refractivity contribution in [3.63, 3.8) is 0 Å². The summed E-state index contributed by atoms with van der Waals surface area (Å²) in [7, 11) is -4.16. The minimum atomic E-state index is -3.57. The summed E-state index contributed by atoms with van der Waals surface area (Å²) in [4.78, 5) is 14.9. The Labute approximate surface area is 173 Å². The van der Waals surface area contributed by atoms with E-state index in [-0.39, 0.29) is 30.4 Å². The van der Waals surface area contributed by atoms with Crippen LogP contribution in [0.5, 0.6) is 0 Å². The van der Waals surface area contributed by atoms with E-state index in [9.17, 15) is 21.6 Å². The summed E-state index contributed by atoms with van der Waals surface area (Å²) >= 11 is 0. The molecule has 0 saturated carbocycles. The fraction of sp³-hybridized carbons (Fsp3) is 0.611. The van der Waals surface area contributed by atoms with Gasteiger partial charge in [-0.05, 0) is 25.0 Å². The number of benzene rings is 1. The van der Waals surface area contributed by atoms with Crippen molar-refractivity contribution < 1.29 is 21.6 Å². The van der Waals surface area contributed by atoms with Crippen molar-refractivity contribution >= 4 is 26.1 Å². The van der Waals surface area contributed by atoms with E-state index in [1.807, 2.05) is 0 Å². The standard InChI is InChI=1S/C18H28N4O5S2/c1-19(2)29(26,27)22-10-6-7-16(15-22)18(23)20-11-13-21(14-12-20)28(24,25)17-8-4-3-5-9-17/h3-5,8-9,16H,6-7,10-15H2,1-2H3/t16-/m1/s1. The highest BCUT2D eigenvalue weighted by molar-refractivity contribution is 7.89. The number of nitrogens with zero attached hydrogens (tertiary/aromatic N) is 4. The molecule has 3 rings (SSSR count). The van der Waals surface area contributed by atoms with Crippen molar-refractivity contribution in [2.75, 3.05) is 53.4 Å². The predicted octanol–water partition coefficient (Wildman–Crippen LogP) is 0.0379. The van der Waals surface area contributed by atoms with Gasteiger partial charge < -0.3 is 4.90 Å². The molecule has 2 saturated heterocycles. The molecule has 2 aliphatic rings. The predicted molar refractivity (Wildman–Crippen MR) is 109 cm³/mol. The Bertz CT molecular complexity index is 926. The highest BCUT2D eigenvalue weighted by Gasteiger charge is 2.37. The number of carbonyl (C=O) groups excluding carboxylic acids is 1. The van der Waals surface area contributed by atoms with E-state index in [4.69, 9.17) is 0 Å². The Balaban J connectivity index is 1.62. The minimum absolute atomic E-state index is 0.0968. The molecule has 0 bridgehead atoms. The minimum Gasteiger partial charge on any atom is -0.340 e. The topological polar surface area (TPSA) is 98.3 Å². The van der Waals surface area contributed by atoms with Gasteiger partial charge in [-0.1, -0.05) is 18.2 Å². The first-order chi connectivity index (χ1) is 13.6. The fourth-order valence-corrected chi connectivity index (χ4v) is 6.37. The summed E-state index contributed by atoms with van der Waals surface area (Å²) in [5.41, 5.74) is 0. The summed E-state index contributed by atoms with van der Waals surface area (Å²) in [6.07, 6.45) is 1.27. The van der Waals surface area contributed by atoms with Crippen LogP contribution in [0.15, 0.2) is 35.2 Å². The molecule has 0 aliphatic carbocycles. The lowest BCUT2D eigenvalue weighted by molar-refractivity contribution is -0.137. The summed E-state index contributed by atoms with van der Waals surface area (Å²) in [6.45, 7) is 1.66. The highest BCUT2D eigenvalue weighted by Crippen LogP contribution is 2.24. The van der Waals surface area contributed by atoms with Crippen LogP contribution in [0.25, 0.3) is 0 Å². The van der Waals surface area contributed by atoms with Crippen molar-refractivity contribution in [3.05, 3.63) is 30.3 Å². The molecule has 2 aliphatic heterocycles. The smallest absolute Gasteiger partial charge is 0.281 e. The first-order valence-corrected chi connectivity index (χ1v) is 12.5. The zero-order valence-corrected chi connectivity index (χ0v) is 18.4. The monoisotopic (exact) mass is 444 g/mol. The molecule has 0 aromatic heterocycles. The van der Waals surface area contributed by atoms with Gasteiger partial charge in [-0.25, -0.2) is 8.42 Å². The Morgan fingerprint density at radius 2 is 1.55 bits per heavy atom. The van der Waals surface area contributed by atoms with Gasteiger partial charge in [0.25, 0.3) is 10.2 Å². The lowest BCUT2D eigenvalue weighted by Gasteiger charge is -2.38. The number of hydrogen-bond donors (Lipinski definition) is 0. The third-order valence-electron chi connectivity index (χ3n) is 5.45. The van der Waals surface area contributed by atoms with Gasteiger partial charge in [0.1, 0.15) is 0 Å². The number of piperidine rings is 1. The first-order valence-electron chi connectivity index (χ1n) is 9.65. The molecule has 1 aromatic rings. The molecule has 0 unspecified atom stereocenters. The Morgan fingerprint density at radius 1 is 0.931 bits per heavy atom. The van der Waals surface area contributed by atoms with Crippen LogP contribution < -0.4 is 0 Å². The van der Waals surface area contributed by atoms with Gasteiger partial charge in [-0.2, -0.15) is 21.3 Å².